The van der Waals surface area contributed by atoms with Crippen molar-refractivity contribution in [3.8, 4) is 5.75 Å². The van der Waals surface area contributed by atoms with Gasteiger partial charge in [0.15, 0.2) is 5.76 Å². The lowest BCUT2D eigenvalue weighted by Gasteiger charge is -2.17. The lowest BCUT2D eigenvalue weighted by molar-refractivity contribution is 0.0745. The number of hydrogen-bond donors (Lipinski definition) is 0. The number of aromatic nitrogens is 2. The summed E-state index contributed by atoms with van der Waals surface area (Å²) < 4.78 is 14.0. The Morgan fingerprint density at radius 3 is 2.85 bits per heavy atom. The van der Waals surface area contributed by atoms with E-state index in [1.54, 1.807) is 42.4 Å². The molecule has 3 aromatic rings. The van der Waals surface area contributed by atoms with Crippen molar-refractivity contribution in [2.24, 2.45) is 0 Å². The summed E-state index contributed by atoms with van der Waals surface area (Å²) in [6.07, 6.45) is 1.73. The molecular formula is C19H19BrClN3O3. The van der Waals surface area contributed by atoms with E-state index >= 15 is 0 Å². The average molecular weight is 453 g/mol. The predicted octanol–water partition coefficient (Wildman–Crippen LogP) is 4.76. The number of hydrogen-bond acceptors (Lipinski definition) is 4. The topological polar surface area (TPSA) is 60.5 Å². The van der Waals surface area contributed by atoms with Gasteiger partial charge in [0.2, 0.25) is 0 Å². The predicted molar refractivity (Wildman–Crippen MR) is 106 cm³/mol. The van der Waals surface area contributed by atoms with Crippen LogP contribution in [-0.4, -0.2) is 27.6 Å². The first-order valence-corrected chi connectivity index (χ1v) is 9.58. The third kappa shape index (κ3) is 4.54. The van der Waals surface area contributed by atoms with E-state index in [1.165, 1.54) is 0 Å². The van der Waals surface area contributed by atoms with E-state index in [0.29, 0.717) is 23.1 Å². The van der Waals surface area contributed by atoms with Gasteiger partial charge in [-0.3, -0.25) is 9.48 Å². The summed E-state index contributed by atoms with van der Waals surface area (Å²) in [5.74, 6) is 1.16. The molecule has 0 spiro atoms. The normalized spacial score (nSPS) is 10.8. The Morgan fingerprint density at radius 1 is 1.33 bits per heavy atom. The fourth-order valence-electron chi connectivity index (χ4n) is 2.58. The molecule has 0 aliphatic carbocycles. The van der Waals surface area contributed by atoms with Gasteiger partial charge in [-0.15, -0.1) is 0 Å². The second-order valence-corrected chi connectivity index (χ2v) is 7.16. The molecular weight excluding hydrogens is 434 g/mol. The number of para-hydroxylation sites is 1. The van der Waals surface area contributed by atoms with E-state index in [1.807, 2.05) is 23.7 Å². The number of ether oxygens (including phenoxy) is 1. The van der Waals surface area contributed by atoms with E-state index in [9.17, 15) is 4.79 Å². The monoisotopic (exact) mass is 451 g/mol. The standard InChI is InChI=1S/C19H19BrClN3O3/c1-3-24-16(14(20)10-22-24)11-23(2)19(25)18-9-8-13(27-18)12-26-17-7-5-4-6-15(17)21/h4-10H,3,11-12H2,1-2H3. The number of rotatable bonds is 7. The van der Waals surface area contributed by atoms with Gasteiger partial charge < -0.3 is 14.1 Å². The van der Waals surface area contributed by atoms with Crippen molar-refractivity contribution in [1.82, 2.24) is 14.7 Å². The molecule has 0 saturated carbocycles. The maximum Gasteiger partial charge on any atom is 0.289 e. The van der Waals surface area contributed by atoms with Crippen molar-refractivity contribution in [1.29, 1.82) is 0 Å². The molecule has 2 heterocycles. The highest BCUT2D eigenvalue weighted by Gasteiger charge is 2.19. The molecule has 0 unspecified atom stereocenters. The summed E-state index contributed by atoms with van der Waals surface area (Å²) in [5.41, 5.74) is 0.933. The van der Waals surface area contributed by atoms with Crippen LogP contribution in [0.25, 0.3) is 0 Å². The van der Waals surface area contributed by atoms with E-state index in [4.69, 9.17) is 20.8 Å². The Morgan fingerprint density at radius 2 is 2.11 bits per heavy atom. The summed E-state index contributed by atoms with van der Waals surface area (Å²) >= 11 is 9.54. The van der Waals surface area contributed by atoms with Crippen LogP contribution >= 0.6 is 27.5 Å². The molecule has 2 aromatic heterocycles. The fourth-order valence-corrected chi connectivity index (χ4v) is 3.20. The number of amides is 1. The Balaban J connectivity index is 1.64. The van der Waals surface area contributed by atoms with Gasteiger partial charge in [0.1, 0.15) is 18.1 Å². The summed E-state index contributed by atoms with van der Waals surface area (Å²) in [7, 11) is 1.73. The van der Waals surface area contributed by atoms with Crippen LogP contribution in [0.4, 0.5) is 0 Å². The van der Waals surface area contributed by atoms with Gasteiger partial charge in [-0.1, -0.05) is 23.7 Å². The van der Waals surface area contributed by atoms with Gasteiger partial charge in [0.25, 0.3) is 5.91 Å². The molecule has 3 rings (SSSR count). The van der Waals surface area contributed by atoms with Gasteiger partial charge in [0.05, 0.1) is 27.9 Å². The number of halogens is 2. The van der Waals surface area contributed by atoms with E-state index in [0.717, 1.165) is 16.7 Å². The lowest BCUT2D eigenvalue weighted by atomic mass is 10.3. The molecule has 0 bridgehead atoms. The zero-order valence-corrected chi connectivity index (χ0v) is 17.3. The first kappa shape index (κ1) is 19.5. The molecule has 0 aliphatic rings. The van der Waals surface area contributed by atoms with Crippen LogP contribution in [0.3, 0.4) is 0 Å². The van der Waals surface area contributed by atoms with Crippen LogP contribution in [0, 0.1) is 0 Å². The van der Waals surface area contributed by atoms with Gasteiger partial charge in [-0.25, -0.2) is 0 Å². The zero-order chi connectivity index (χ0) is 19.4. The van der Waals surface area contributed by atoms with Crippen molar-refractivity contribution in [3.63, 3.8) is 0 Å². The maximum absolute atomic E-state index is 12.6. The molecule has 1 aromatic carbocycles. The van der Waals surface area contributed by atoms with E-state index in [-0.39, 0.29) is 18.3 Å². The molecule has 0 aliphatic heterocycles. The number of benzene rings is 1. The van der Waals surface area contributed by atoms with Crippen molar-refractivity contribution in [3.05, 3.63) is 69.3 Å². The third-order valence-electron chi connectivity index (χ3n) is 4.01. The molecule has 0 N–H and O–H groups in total. The minimum atomic E-state index is -0.213. The summed E-state index contributed by atoms with van der Waals surface area (Å²) in [4.78, 5) is 14.2. The fraction of sp³-hybridized carbons (Fsp3) is 0.263. The molecule has 0 atom stereocenters. The summed E-state index contributed by atoms with van der Waals surface area (Å²) in [6, 6.07) is 10.6. The largest absolute Gasteiger partial charge is 0.484 e. The van der Waals surface area contributed by atoms with Crippen molar-refractivity contribution >= 4 is 33.4 Å². The molecule has 27 heavy (non-hydrogen) atoms. The quantitative estimate of drug-likeness (QED) is 0.518. The first-order chi connectivity index (χ1) is 13.0. The molecule has 6 nitrogen and oxygen atoms in total. The average Bonchev–Trinajstić information content (AvgIpc) is 3.27. The zero-order valence-electron chi connectivity index (χ0n) is 15.0. The Bertz CT molecular complexity index is 938. The number of carbonyl (C=O) groups excluding carboxylic acids is 1. The van der Waals surface area contributed by atoms with Crippen molar-refractivity contribution in [2.75, 3.05) is 7.05 Å². The molecule has 8 heteroatoms. The molecule has 0 saturated heterocycles. The SMILES string of the molecule is CCn1ncc(Br)c1CN(C)C(=O)c1ccc(COc2ccccc2Cl)o1. The van der Waals surface area contributed by atoms with E-state index in [2.05, 4.69) is 21.0 Å². The van der Waals surface area contributed by atoms with Crippen LogP contribution in [0.15, 0.2) is 51.5 Å². The second-order valence-electron chi connectivity index (χ2n) is 5.90. The van der Waals surface area contributed by atoms with Crippen LogP contribution in [0.5, 0.6) is 5.75 Å². The Kier molecular flexibility index (Phi) is 6.23. The minimum Gasteiger partial charge on any atom is -0.484 e. The van der Waals surface area contributed by atoms with Crippen molar-refractivity contribution in [2.45, 2.75) is 26.6 Å². The Labute approximate surface area is 170 Å². The number of furan rings is 1. The lowest BCUT2D eigenvalue weighted by Crippen LogP contribution is -2.27. The maximum atomic E-state index is 12.6. The second kappa shape index (κ2) is 8.63. The van der Waals surface area contributed by atoms with Gasteiger partial charge in [-0.2, -0.15) is 5.10 Å². The highest BCUT2D eigenvalue weighted by atomic mass is 79.9. The van der Waals surface area contributed by atoms with E-state index < -0.39 is 0 Å². The van der Waals surface area contributed by atoms with Gasteiger partial charge >= 0.3 is 0 Å². The van der Waals surface area contributed by atoms with Crippen molar-refractivity contribution < 1.29 is 13.9 Å². The highest BCUT2D eigenvalue weighted by molar-refractivity contribution is 9.10. The minimum absolute atomic E-state index is 0.189. The van der Waals surface area contributed by atoms with Crippen LogP contribution in [0.1, 0.15) is 28.9 Å². The number of carbonyl (C=O) groups is 1. The Hall–Kier alpha value is -2.25. The summed E-state index contributed by atoms with van der Waals surface area (Å²) in [5, 5.41) is 4.79. The van der Waals surface area contributed by atoms with Crippen LogP contribution in [0.2, 0.25) is 5.02 Å². The van der Waals surface area contributed by atoms with Crippen LogP contribution in [-0.2, 0) is 19.7 Å². The number of aryl methyl sites for hydroxylation is 1. The molecule has 0 fully saturated rings. The first-order valence-electron chi connectivity index (χ1n) is 8.41. The third-order valence-corrected chi connectivity index (χ3v) is 4.98. The molecule has 142 valence electrons. The van der Waals surface area contributed by atoms with Gasteiger partial charge in [-0.05, 0) is 47.1 Å². The van der Waals surface area contributed by atoms with Gasteiger partial charge in [0, 0.05) is 13.6 Å². The van der Waals surface area contributed by atoms with Crippen LogP contribution < -0.4 is 4.74 Å². The summed E-state index contributed by atoms with van der Waals surface area (Å²) in [6.45, 7) is 3.34. The smallest absolute Gasteiger partial charge is 0.289 e. The number of nitrogens with zero attached hydrogens (tertiary/aromatic N) is 3. The highest BCUT2D eigenvalue weighted by Crippen LogP contribution is 2.24. The molecule has 0 radical (unpaired) electrons. The molecule has 1 amide bonds.